The van der Waals surface area contributed by atoms with Crippen LogP contribution in [-0.4, -0.2) is 82.4 Å². The molecule has 1 aromatic rings. The monoisotopic (exact) mass is 449 g/mol. The molecule has 10 nitrogen and oxygen atoms in total. The predicted octanol–water partition coefficient (Wildman–Crippen LogP) is 1.96. The Balaban J connectivity index is 1.30. The molecule has 0 spiro atoms. The number of morpholine rings is 1. The molecular formula is C22H35N5O5. The average molecular weight is 450 g/mol. The molecule has 4 rings (SSSR count). The maximum atomic E-state index is 12.8. The first-order valence-corrected chi connectivity index (χ1v) is 12.0. The van der Waals surface area contributed by atoms with Crippen molar-refractivity contribution in [3.05, 3.63) is 11.7 Å². The zero-order valence-corrected chi connectivity index (χ0v) is 18.7. The van der Waals surface area contributed by atoms with Gasteiger partial charge in [-0.3, -0.25) is 19.7 Å². The smallest absolute Gasteiger partial charge is 0.295 e. The molecule has 0 bridgehead atoms. The number of amides is 2. The van der Waals surface area contributed by atoms with Gasteiger partial charge in [0.05, 0.1) is 13.2 Å². The van der Waals surface area contributed by atoms with Gasteiger partial charge in [0, 0.05) is 44.6 Å². The van der Waals surface area contributed by atoms with Crippen LogP contribution in [-0.2, 0) is 9.53 Å². The first kappa shape index (κ1) is 23.1. The number of hydroxylamine groups is 1. The summed E-state index contributed by atoms with van der Waals surface area (Å²) < 4.78 is 10.8. The van der Waals surface area contributed by atoms with Crippen molar-refractivity contribution < 1.29 is 24.1 Å². The third-order valence-electron chi connectivity index (χ3n) is 7.14. The van der Waals surface area contributed by atoms with E-state index in [0.29, 0.717) is 31.4 Å². The number of aromatic nitrogens is 2. The van der Waals surface area contributed by atoms with Crippen LogP contribution in [0.3, 0.4) is 0 Å². The van der Waals surface area contributed by atoms with Crippen LogP contribution in [0, 0.1) is 5.92 Å². The van der Waals surface area contributed by atoms with E-state index in [0.717, 1.165) is 45.1 Å². The summed E-state index contributed by atoms with van der Waals surface area (Å²) in [4.78, 5) is 33.0. The molecule has 3 aliphatic rings. The van der Waals surface area contributed by atoms with E-state index < -0.39 is 5.91 Å². The highest BCUT2D eigenvalue weighted by Crippen LogP contribution is 2.31. The highest BCUT2D eigenvalue weighted by Gasteiger charge is 2.37. The predicted molar refractivity (Wildman–Crippen MR) is 114 cm³/mol. The minimum atomic E-state index is -0.491. The van der Waals surface area contributed by atoms with Crippen LogP contribution in [0.4, 0.5) is 0 Å². The standard InChI is InChI=1S/C22H35N5O5/c28-19(24-30)13-17(8-4-7-16-5-2-1-3-6-16)21-23-20(25-32-21)22(29)27-14-18(15-27)26-9-11-31-12-10-26/h16-18,30H,1-15H2,(H,24,28)/t17-/m0/s1. The molecular weight excluding hydrogens is 414 g/mol. The van der Waals surface area contributed by atoms with Crippen molar-refractivity contribution in [3.63, 3.8) is 0 Å². The van der Waals surface area contributed by atoms with Gasteiger partial charge in [-0.15, -0.1) is 0 Å². The normalized spacial score (nSPS) is 21.8. The van der Waals surface area contributed by atoms with Crippen molar-refractivity contribution in [1.82, 2.24) is 25.4 Å². The van der Waals surface area contributed by atoms with Gasteiger partial charge in [0.25, 0.3) is 11.7 Å². The fourth-order valence-electron chi connectivity index (χ4n) is 5.14. The molecule has 3 fully saturated rings. The van der Waals surface area contributed by atoms with Gasteiger partial charge in [0.1, 0.15) is 0 Å². The second kappa shape index (κ2) is 11.2. The third-order valence-corrected chi connectivity index (χ3v) is 7.14. The van der Waals surface area contributed by atoms with Gasteiger partial charge in [-0.2, -0.15) is 4.98 Å². The lowest BCUT2D eigenvalue weighted by Crippen LogP contribution is -2.62. The summed E-state index contributed by atoms with van der Waals surface area (Å²) in [6, 6.07) is 0.356. The molecule has 1 aromatic heterocycles. The van der Waals surface area contributed by atoms with E-state index in [1.807, 2.05) is 0 Å². The minimum Gasteiger partial charge on any atom is -0.379 e. The van der Waals surface area contributed by atoms with Crippen LogP contribution < -0.4 is 5.48 Å². The number of hydrogen-bond acceptors (Lipinski definition) is 8. The van der Waals surface area contributed by atoms with Crippen LogP contribution in [0.1, 0.15) is 80.2 Å². The summed E-state index contributed by atoms with van der Waals surface area (Å²) in [6.07, 6.45) is 9.34. The van der Waals surface area contributed by atoms with Crippen molar-refractivity contribution >= 4 is 11.8 Å². The molecule has 32 heavy (non-hydrogen) atoms. The second-order valence-corrected chi connectivity index (χ2v) is 9.34. The van der Waals surface area contributed by atoms with Gasteiger partial charge in [0.15, 0.2) is 0 Å². The number of hydrogen-bond donors (Lipinski definition) is 2. The van der Waals surface area contributed by atoms with E-state index in [2.05, 4.69) is 15.0 Å². The molecule has 0 aromatic carbocycles. The van der Waals surface area contributed by atoms with Crippen molar-refractivity contribution in [2.24, 2.45) is 5.92 Å². The minimum absolute atomic E-state index is 0.0436. The van der Waals surface area contributed by atoms with E-state index in [4.69, 9.17) is 14.5 Å². The molecule has 2 saturated heterocycles. The third kappa shape index (κ3) is 5.85. The van der Waals surface area contributed by atoms with E-state index in [1.165, 1.54) is 32.1 Å². The quantitative estimate of drug-likeness (QED) is 0.433. The van der Waals surface area contributed by atoms with Gasteiger partial charge in [-0.1, -0.05) is 50.1 Å². The number of likely N-dealkylation sites (tertiary alicyclic amines) is 1. The zero-order valence-electron chi connectivity index (χ0n) is 18.7. The largest absolute Gasteiger partial charge is 0.379 e. The van der Waals surface area contributed by atoms with Gasteiger partial charge in [0.2, 0.25) is 11.8 Å². The summed E-state index contributed by atoms with van der Waals surface area (Å²) in [5.74, 6) is 0.0545. The maximum absolute atomic E-state index is 12.8. The summed E-state index contributed by atoms with van der Waals surface area (Å²) in [5.41, 5.74) is 1.69. The molecule has 2 amide bonds. The van der Waals surface area contributed by atoms with Crippen LogP contribution in [0.25, 0.3) is 0 Å². The Bertz CT molecular complexity index is 754. The topological polar surface area (TPSA) is 121 Å². The van der Waals surface area contributed by atoms with E-state index in [9.17, 15) is 9.59 Å². The Hall–Kier alpha value is -2.04. The fourth-order valence-corrected chi connectivity index (χ4v) is 5.14. The van der Waals surface area contributed by atoms with Crippen molar-refractivity contribution in [1.29, 1.82) is 0 Å². The molecule has 3 heterocycles. The van der Waals surface area contributed by atoms with Gasteiger partial charge >= 0.3 is 0 Å². The number of ether oxygens (including phenoxy) is 1. The van der Waals surface area contributed by atoms with Crippen molar-refractivity contribution in [3.8, 4) is 0 Å². The Labute approximate surface area is 188 Å². The van der Waals surface area contributed by atoms with Gasteiger partial charge in [-0.05, 0) is 12.3 Å². The van der Waals surface area contributed by atoms with E-state index in [1.54, 1.807) is 10.4 Å². The molecule has 1 aliphatic carbocycles. The molecule has 1 atom stereocenters. The molecule has 1 saturated carbocycles. The maximum Gasteiger partial charge on any atom is 0.295 e. The Morgan fingerprint density at radius 1 is 1.16 bits per heavy atom. The van der Waals surface area contributed by atoms with Crippen molar-refractivity contribution in [2.45, 2.75) is 69.7 Å². The summed E-state index contributed by atoms with van der Waals surface area (Å²) in [7, 11) is 0. The number of nitrogens with one attached hydrogen (secondary N) is 1. The molecule has 2 N–H and O–H groups in total. The van der Waals surface area contributed by atoms with Crippen LogP contribution in [0.2, 0.25) is 0 Å². The van der Waals surface area contributed by atoms with Crippen LogP contribution >= 0.6 is 0 Å². The molecule has 10 heteroatoms. The highest BCUT2D eigenvalue weighted by molar-refractivity contribution is 5.91. The number of carbonyl (C=O) groups is 2. The van der Waals surface area contributed by atoms with Gasteiger partial charge in [-0.25, -0.2) is 5.48 Å². The fraction of sp³-hybridized carbons (Fsp3) is 0.818. The SMILES string of the molecule is O=C(C[C@H](CCCC1CCCCC1)c1nc(C(=O)N2CC(N3CCOCC3)C2)no1)NO. The molecule has 178 valence electrons. The zero-order chi connectivity index (χ0) is 22.3. The average Bonchev–Trinajstić information content (AvgIpc) is 3.29. The number of rotatable bonds is 9. The lowest BCUT2D eigenvalue weighted by atomic mass is 9.84. The van der Waals surface area contributed by atoms with Crippen molar-refractivity contribution in [2.75, 3.05) is 39.4 Å². The first-order valence-electron chi connectivity index (χ1n) is 12.0. The first-order chi connectivity index (χ1) is 15.6. The summed E-state index contributed by atoms with van der Waals surface area (Å²) in [5, 5.41) is 12.9. The molecule has 0 radical (unpaired) electrons. The van der Waals surface area contributed by atoms with Gasteiger partial charge < -0.3 is 14.2 Å². The number of carbonyl (C=O) groups excluding carboxylic acids is 2. The summed E-state index contributed by atoms with van der Waals surface area (Å²) in [6.45, 7) is 4.58. The van der Waals surface area contributed by atoms with E-state index >= 15 is 0 Å². The Morgan fingerprint density at radius 2 is 1.91 bits per heavy atom. The Morgan fingerprint density at radius 3 is 2.62 bits per heavy atom. The van der Waals surface area contributed by atoms with E-state index in [-0.39, 0.29) is 24.1 Å². The van der Waals surface area contributed by atoms with Crippen LogP contribution in [0.15, 0.2) is 4.52 Å². The highest BCUT2D eigenvalue weighted by atomic mass is 16.5. The molecule has 0 unspecified atom stereocenters. The number of nitrogens with zero attached hydrogens (tertiary/aromatic N) is 4. The Kier molecular flexibility index (Phi) is 8.10. The molecule has 2 aliphatic heterocycles. The van der Waals surface area contributed by atoms with Crippen LogP contribution in [0.5, 0.6) is 0 Å². The lowest BCUT2D eigenvalue weighted by Gasteiger charge is -2.46. The lowest BCUT2D eigenvalue weighted by molar-refractivity contribution is -0.129. The summed E-state index contributed by atoms with van der Waals surface area (Å²) >= 11 is 0. The second-order valence-electron chi connectivity index (χ2n) is 9.34.